The van der Waals surface area contributed by atoms with Gasteiger partial charge in [-0.05, 0) is 30.7 Å². The minimum absolute atomic E-state index is 0.0583. The second-order valence-electron chi connectivity index (χ2n) is 7.25. The van der Waals surface area contributed by atoms with Crippen LogP contribution in [0.4, 0.5) is 5.69 Å². The number of guanidine groups is 2. The monoisotopic (exact) mass is 390 g/mol. The molecule has 28 heavy (non-hydrogen) atoms. The summed E-state index contributed by atoms with van der Waals surface area (Å²) in [6, 6.07) is 5.18. The molecule has 11 nitrogen and oxygen atoms in total. The van der Waals surface area contributed by atoms with Crippen molar-refractivity contribution in [1.82, 2.24) is 10.6 Å². The Morgan fingerprint density at radius 3 is 2.64 bits per heavy atom. The van der Waals surface area contributed by atoms with E-state index in [9.17, 15) is 15.0 Å². The van der Waals surface area contributed by atoms with Crippen LogP contribution in [-0.2, 0) is 4.74 Å². The zero-order valence-electron chi connectivity index (χ0n) is 15.3. The summed E-state index contributed by atoms with van der Waals surface area (Å²) in [6.45, 7) is 1.86. The van der Waals surface area contributed by atoms with Crippen molar-refractivity contribution in [2.24, 2.45) is 16.5 Å². The van der Waals surface area contributed by atoms with Crippen LogP contribution in [-0.4, -0.2) is 68.9 Å². The number of hydrogen-bond acceptors (Lipinski definition) is 10. The molecule has 0 amide bonds. The Hall–Kier alpha value is -3.05. The molecule has 3 aliphatic rings. The van der Waals surface area contributed by atoms with Crippen LogP contribution in [0.2, 0.25) is 0 Å². The molecule has 1 aromatic carbocycles. The first-order chi connectivity index (χ1) is 13.2. The van der Waals surface area contributed by atoms with Crippen molar-refractivity contribution in [3.8, 4) is 0 Å². The summed E-state index contributed by atoms with van der Waals surface area (Å²) in [4.78, 5) is 16.9. The van der Waals surface area contributed by atoms with Crippen LogP contribution in [0.5, 0.6) is 0 Å². The van der Waals surface area contributed by atoms with E-state index in [2.05, 4.69) is 15.6 Å². The molecule has 0 bridgehead atoms. The lowest BCUT2D eigenvalue weighted by Crippen LogP contribution is -2.78. The summed E-state index contributed by atoms with van der Waals surface area (Å²) >= 11 is 0. The van der Waals surface area contributed by atoms with Crippen molar-refractivity contribution in [1.29, 1.82) is 0 Å². The molecule has 4 atom stereocenters. The van der Waals surface area contributed by atoms with Gasteiger partial charge in [0.1, 0.15) is 18.6 Å². The number of anilines is 1. The molecular weight excluding hydrogens is 366 g/mol. The average Bonchev–Trinajstić information content (AvgIpc) is 3.11. The molecule has 3 heterocycles. The van der Waals surface area contributed by atoms with Crippen LogP contribution >= 0.6 is 0 Å². The van der Waals surface area contributed by atoms with Gasteiger partial charge in [0.15, 0.2) is 12.1 Å². The van der Waals surface area contributed by atoms with E-state index in [-0.39, 0.29) is 30.1 Å². The third-order valence-corrected chi connectivity index (χ3v) is 5.65. The van der Waals surface area contributed by atoms with E-state index >= 15 is 0 Å². The third kappa shape index (κ3) is 2.33. The Bertz CT molecular complexity index is 882. The molecule has 4 rings (SSSR count). The molecule has 1 fully saturated rings. The molecule has 0 saturated carbocycles. The summed E-state index contributed by atoms with van der Waals surface area (Å²) in [7, 11) is 0. The topological polar surface area (TPSA) is 184 Å². The van der Waals surface area contributed by atoms with Gasteiger partial charge in [0, 0.05) is 5.69 Å². The fourth-order valence-electron chi connectivity index (χ4n) is 4.24. The highest BCUT2D eigenvalue weighted by atomic mass is 16.6. The van der Waals surface area contributed by atoms with Crippen LogP contribution in [0.25, 0.3) is 0 Å². The maximum absolute atomic E-state index is 12.5. The molecule has 150 valence electrons. The molecule has 0 radical (unpaired) electrons. The van der Waals surface area contributed by atoms with Crippen molar-refractivity contribution in [3.05, 3.63) is 29.8 Å². The minimum Gasteiger partial charge on any atom is -0.449 e. The molecule has 1 aromatic rings. The molecule has 10 N–H and O–H groups in total. The number of ether oxygens (including phenoxy) is 1. The van der Waals surface area contributed by atoms with E-state index in [1.165, 1.54) is 16.7 Å². The zero-order valence-corrected chi connectivity index (χ0v) is 15.3. The maximum atomic E-state index is 12.5. The fraction of sp³-hybridized carbons (Fsp3) is 0.471. The van der Waals surface area contributed by atoms with E-state index in [1.54, 1.807) is 12.1 Å². The summed E-state index contributed by atoms with van der Waals surface area (Å²) < 4.78 is 6.96. The number of nitrogens with zero attached hydrogens (tertiary/aromatic N) is 2. The molecule has 1 spiro atoms. The van der Waals surface area contributed by atoms with E-state index in [4.69, 9.17) is 21.9 Å². The lowest BCUT2D eigenvalue weighted by Gasteiger charge is -2.43. The van der Waals surface area contributed by atoms with Crippen molar-refractivity contribution in [3.63, 3.8) is 0 Å². The summed E-state index contributed by atoms with van der Waals surface area (Å²) in [5, 5.41) is 28.2. The highest BCUT2D eigenvalue weighted by Crippen LogP contribution is 2.42. The molecule has 11 heteroatoms. The Labute approximate surface area is 160 Å². The van der Waals surface area contributed by atoms with Crippen molar-refractivity contribution < 1.29 is 24.3 Å². The number of carbonyl (C=O) groups excluding carboxylic acids is 1. The minimum atomic E-state index is -2.51. The Kier molecular flexibility index (Phi) is 3.91. The van der Waals surface area contributed by atoms with Crippen LogP contribution < -0.4 is 27.8 Å². The quantitative estimate of drug-likeness (QED) is 0.124. The van der Waals surface area contributed by atoms with E-state index < -0.39 is 29.6 Å². The molecule has 0 unspecified atom stereocenters. The molecule has 0 aliphatic carbocycles. The molecule has 0 aromatic heterocycles. The van der Waals surface area contributed by atoms with E-state index in [0.717, 1.165) is 0 Å². The summed E-state index contributed by atoms with van der Waals surface area (Å²) in [5.74, 6) is -2.94. The molecule has 3 aliphatic heterocycles. The number of aliphatic imine (C=N–C) groups is 1. The number of carbonyl (C=O) groups is 1. The first-order valence-corrected chi connectivity index (χ1v) is 9.00. The smallest absolute Gasteiger partial charge is 0.346 e. The molecule has 1 saturated heterocycles. The van der Waals surface area contributed by atoms with E-state index in [1.807, 2.05) is 6.92 Å². The lowest BCUT2D eigenvalue weighted by molar-refractivity contribution is -0.623. The number of benzene rings is 1. The van der Waals surface area contributed by atoms with Gasteiger partial charge in [-0.2, -0.15) is 0 Å². The summed E-state index contributed by atoms with van der Waals surface area (Å²) in [6.07, 6.45) is -0.685. The number of nitrogens with one attached hydrogen (secondary N) is 2. The van der Waals surface area contributed by atoms with Gasteiger partial charge in [-0.15, -0.1) is 0 Å². The predicted molar refractivity (Wildman–Crippen MR) is 100 cm³/mol. The lowest BCUT2D eigenvalue weighted by atomic mass is 9.85. The van der Waals surface area contributed by atoms with Gasteiger partial charge < -0.3 is 31.7 Å². The van der Waals surface area contributed by atoms with Gasteiger partial charge in [0.05, 0.1) is 5.56 Å². The second-order valence-corrected chi connectivity index (χ2v) is 7.25. The Balaban J connectivity index is 1.69. The molecular formula is C17H24N7O4+. The second kappa shape index (κ2) is 5.97. The van der Waals surface area contributed by atoms with Gasteiger partial charge in [0.2, 0.25) is 5.66 Å². The first kappa shape index (κ1) is 18.3. The van der Waals surface area contributed by atoms with Crippen LogP contribution in [0.15, 0.2) is 29.3 Å². The number of hydrogen-bond donors (Lipinski definition) is 7. The van der Waals surface area contributed by atoms with Gasteiger partial charge in [-0.3, -0.25) is 11.1 Å². The van der Waals surface area contributed by atoms with Crippen molar-refractivity contribution >= 4 is 23.6 Å². The zero-order chi connectivity index (χ0) is 20.3. The van der Waals surface area contributed by atoms with Gasteiger partial charge in [0.25, 0.3) is 5.79 Å². The summed E-state index contributed by atoms with van der Waals surface area (Å²) in [5.41, 5.74) is 16.8. The number of nitrogen functional groups attached to an aromatic ring is 1. The van der Waals surface area contributed by atoms with Crippen LogP contribution in [0.3, 0.4) is 0 Å². The van der Waals surface area contributed by atoms with E-state index in [0.29, 0.717) is 12.1 Å². The SMILES string of the molecule is CC[C@@H]1NC(N)=[N+]2C[C@H](OC(=O)c3ccc(N)cc3)C(O)(O)[C@@]23NC(N)=N[C@@H]13. The number of aliphatic hydroxyl groups is 2. The third-order valence-electron chi connectivity index (χ3n) is 5.65. The van der Waals surface area contributed by atoms with Gasteiger partial charge in [-0.1, -0.05) is 6.92 Å². The normalized spacial score (nSPS) is 32.7. The van der Waals surface area contributed by atoms with Gasteiger partial charge in [-0.25, -0.2) is 14.4 Å². The number of esters is 1. The maximum Gasteiger partial charge on any atom is 0.346 e. The van der Waals surface area contributed by atoms with Crippen LogP contribution in [0, 0.1) is 0 Å². The average molecular weight is 390 g/mol. The Morgan fingerprint density at radius 1 is 1.32 bits per heavy atom. The highest BCUT2D eigenvalue weighted by Gasteiger charge is 2.75. The Morgan fingerprint density at radius 2 is 2.00 bits per heavy atom. The van der Waals surface area contributed by atoms with Crippen LogP contribution in [0.1, 0.15) is 23.7 Å². The largest absolute Gasteiger partial charge is 0.449 e. The van der Waals surface area contributed by atoms with Crippen molar-refractivity contribution in [2.45, 2.75) is 43.0 Å². The van der Waals surface area contributed by atoms with Crippen molar-refractivity contribution in [2.75, 3.05) is 12.3 Å². The number of rotatable bonds is 3. The number of nitrogens with two attached hydrogens (primary N) is 3. The predicted octanol–water partition coefficient (Wildman–Crippen LogP) is -2.82. The fourth-order valence-corrected chi connectivity index (χ4v) is 4.24. The van der Waals surface area contributed by atoms with Gasteiger partial charge >= 0.3 is 11.9 Å². The first-order valence-electron chi connectivity index (χ1n) is 9.00. The highest BCUT2D eigenvalue weighted by molar-refractivity contribution is 5.90. The standard InChI is InChI=1S/C17H23N7O4/c1-2-10-12-16(23-14(19)22-12)17(26,27)11(7-24(16)15(20)21-10)28-13(25)8-3-5-9(18)6-4-8/h3-6,10-12,26-27H,2,7H2,1H3,(H7,18,19,20,21,22,23,25)/p+1/t10-,11-,12-,16-/m0/s1.